The number of benzene rings is 2. The van der Waals surface area contributed by atoms with E-state index in [-0.39, 0.29) is 23.7 Å². The number of methoxy groups -OCH3 is 1. The molecule has 0 aromatic heterocycles. The van der Waals surface area contributed by atoms with Crippen LogP contribution < -0.4 is 14.8 Å². The zero-order chi connectivity index (χ0) is 16.8. The second-order valence-corrected chi connectivity index (χ2v) is 4.43. The first-order valence-corrected chi connectivity index (χ1v) is 6.50. The molecule has 0 unspecified atom stereocenters. The Labute approximate surface area is 130 Å². The lowest BCUT2D eigenvalue weighted by atomic mass is 10.2. The van der Waals surface area contributed by atoms with Gasteiger partial charge in [-0.3, -0.25) is 14.9 Å². The van der Waals surface area contributed by atoms with Crippen LogP contribution in [0.1, 0.15) is 0 Å². The van der Waals surface area contributed by atoms with E-state index in [1.807, 2.05) is 0 Å². The van der Waals surface area contributed by atoms with Crippen molar-refractivity contribution < 1.29 is 23.6 Å². The number of amides is 1. The zero-order valence-electron chi connectivity index (χ0n) is 12.1. The number of nitrogens with one attached hydrogen (secondary N) is 1. The molecule has 0 aliphatic carbocycles. The lowest BCUT2D eigenvalue weighted by Gasteiger charge is -2.10. The summed E-state index contributed by atoms with van der Waals surface area (Å²) in [4.78, 5) is 22.0. The van der Waals surface area contributed by atoms with Crippen molar-refractivity contribution >= 4 is 17.3 Å². The van der Waals surface area contributed by atoms with Crippen molar-refractivity contribution in [2.75, 3.05) is 19.0 Å². The lowest BCUT2D eigenvalue weighted by Crippen LogP contribution is -2.20. The largest absolute Gasteiger partial charge is 0.494 e. The summed E-state index contributed by atoms with van der Waals surface area (Å²) in [5.74, 6) is -0.384. The molecule has 23 heavy (non-hydrogen) atoms. The Morgan fingerprint density at radius 1 is 1.26 bits per heavy atom. The maximum Gasteiger partial charge on any atom is 0.273 e. The van der Waals surface area contributed by atoms with Gasteiger partial charge < -0.3 is 14.8 Å². The molecule has 0 aliphatic heterocycles. The number of halogens is 1. The predicted molar refractivity (Wildman–Crippen MR) is 80.2 cm³/mol. The topological polar surface area (TPSA) is 90.7 Å². The van der Waals surface area contributed by atoms with Crippen LogP contribution in [0, 0.1) is 15.9 Å². The SMILES string of the molecule is COc1cc([N+](=O)[O-])ccc1NC(=O)COc1ccc(F)cc1. The molecule has 7 nitrogen and oxygen atoms in total. The fourth-order valence-corrected chi connectivity index (χ4v) is 1.76. The minimum absolute atomic E-state index is 0.151. The van der Waals surface area contributed by atoms with Crippen molar-refractivity contribution in [3.05, 3.63) is 58.4 Å². The van der Waals surface area contributed by atoms with Gasteiger partial charge in [0.2, 0.25) is 0 Å². The first kappa shape index (κ1) is 16.2. The van der Waals surface area contributed by atoms with Gasteiger partial charge in [0.15, 0.2) is 6.61 Å². The van der Waals surface area contributed by atoms with Gasteiger partial charge in [-0.1, -0.05) is 0 Å². The number of rotatable bonds is 6. The van der Waals surface area contributed by atoms with E-state index in [0.717, 1.165) is 0 Å². The smallest absolute Gasteiger partial charge is 0.273 e. The Morgan fingerprint density at radius 2 is 1.96 bits per heavy atom. The highest BCUT2D eigenvalue weighted by molar-refractivity contribution is 5.93. The van der Waals surface area contributed by atoms with Crippen molar-refractivity contribution in [2.24, 2.45) is 0 Å². The molecule has 0 radical (unpaired) electrons. The first-order chi connectivity index (χ1) is 11.0. The molecule has 0 saturated carbocycles. The Kier molecular flexibility index (Phi) is 5.08. The number of nitrogens with zero attached hydrogens (tertiary/aromatic N) is 1. The number of carbonyl (C=O) groups excluding carboxylic acids is 1. The van der Waals surface area contributed by atoms with Crippen LogP contribution in [0.2, 0.25) is 0 Å². The third-order valence-corrected chi connectivity index (χ3v) is 2.85. The average Bonchev–Trinajstić information content (AvgIpc) is 2.54. The first-order valence-electron chi connectivity index (χ1n) is 6.50. The van der Waals surface area contributed by atoms with Crippen LogP contribution in [0.15, 0.2) is 42.5 Å². The molecular formula is C15H13FN2O5. The maximum absolute atomic E-state index is 12.7. The van der Waals surface area contributed by atoms with Gasteiger partial charge in [-0.15, -0.1) is 0 Å². The highest BCUT2D eigenvalue weighted by Crippen LogP contribution is 2.28. The Balaban J connectivity index is 1.99. The van der Waals surface area contributed by atoms with E-state index in [4.69, 9.17) is 9.47 Å². The minimum Gasteiger partial charge on any atom is -0.494 e. The highest BCUT2D eigenvalue weighted by atomic mass is 19.1. The van der Waals surface area contributed by atoms with E-state index in [2.05, 4.69) is 5.32 Å². The Morgan fingerprint density at radius 3 is 2.57 bits per heavy atom. The molecule has 1 N–H and O–H groups in total. The highest BCUT2D eigenvalue weighted by Gasteiger charge is 2.13. The summed E-state index contributed by atoms with van der Waals surface area (Å²) in [5.41, 5.74) is 0.133. The van der Waals surface area contributed by atoms with E-state index in [1.54, 1.807) is 0 Å². The van der Waals surface area contributed by atoms with Gasteiger partial charge in [0.05, 0.1) is 23.8 Å². The summed E-state index contributed by atoms with van der Waals surface area (Å²) in [5, 5.41) is 13.2. The molecule has 0 bridgehead atoms. The summed E-state index contributed by atoms with van der Waals surface area (Å²) in [7, 11) is 1.34. The minimum atomic E-state index is -0.564. The number of hydrogen-bond acceptors (Lipinski definition) is 5. The monoisotopic (exact) mass is 320 g/mol. The van der Waals surface area contributed by atoms with Gasteiger partial charge in [-0.2, -0.15) is 0 Å². The zero-order valence-corrected chi connectivity index (χ0v) is 12.1. The second kappa shape index (κ2) is 7.21. The fourth-order valence-electron chi connectivity index (χ4n) is 1.76. The normalized spacial score (nSPS) is 10.0. The van der Waals surface area contributed by atoms with Gasteiger partial charge in [0, 0.05) is 6.07 Å². The van der Waals surface area contributed by atoms with Crippen molar-refractivity contribution in [3.63, 3.8) is 0 Å². The van der Waals surface area contributed by atoms with E-state index >= 15 is 0 Å². The number of hydrogen-bond donors (Lipinski definition) is 1. The molecule has 0 aliphatic rings. The van der Waals surface area contributed by atoms with Gasteiger partial charge in [0.1, 0.15) is 17.3 Å². The van der Waals surface area contributed by atoms with Crippen molar-refractivity contribution in [1.29, 1.82) is 0 Å². The number of non-ortho nitro benzene ring substituents is 1. The molecular weight excluding hydrogens is 307 g/mol. The average molecular weight is 320 g/mol. The summed E-state index contributed by atoms with van der Waals surface area (Å²) >= 11 is 0. The summed E-state index contributed by atoms with van der Waals surface area (Å²) in [6.45, 7) is -0.300. The van der Waals surface area contributed by atoms with E-state index in [9.17, 15) is 19.3 Å². The predicted octanol–water partition coefficient (Wildman–Crippen LogP) is 2.76. The van der Waals surface area contributed by atoms with E-state index in [1.165, 1.54) is 49.6 Å². The van der Waals surface area contributed by atoms with Crippen LogP contribution in [0.3, 0.4) is 0 Å². The van der Waals surface area contributed by atoms with Crippen molar-refractivity contribution in [2.45, 2.75) is 0 Å². The number of carbonyl (C=O) groups is 1. The number of nitro groups is 1. The molecule has 0 saturated heterocycles. The Hall–Kier alpha value is -3.16. The molecule has 2 rings (SSSR count). The van der Waals surface area contributed by atoms with Crippen LogP contribution in [-0.4, -0.2) is 24.5 Å². The summed E-state index contributed by atoms with van der Waals surface area (Å²) in [6, 6.07) is 9.05. The molecule has 0 fully saturated rings. The molecule has 2 aromatic rings. The third kappa shape index (κ3) is 4.40. The van der Waals surface area contributed by atoms with E-state index < -0.39 is 16.6 Å². The quantitative estimate of drug-likeness (QED) is 0.653. The molecule has 2 aromatic carbocycles. The molecule has 0 heterocycles. The van der Waals surface area contributed by atoms with Crippen LogP contribution in [0.5, 0.6) is 11.5 Å². The summed E-state index contributed by atoms with van der Waals surface area (Å²) in [6.07, 6.45) is 0. The van der Waals surface area contributed by atoms with Crippen LogP contribution in [0.25, 0.3) is 0 Å². The van der Waals surface area contributed by atoms with Crippen molar-refractivity contribution in [3.8, 4) is 11.5 Å². The second-order valence-electron chi connectivity index (χ2n) is 4.43. The maximum atomic E-state index is 12.7. The summed E-state index contributed by atoms with van der Waals surface area (Å²) < 4.78 is 23.0. The Bertz CT molecular complexity index is 718. The van der Waals surface area contributed by atoms with Crippen LogP contribution in [0.4, 0.5) is 15.8 Å². The van der Waals surface area contributed by atoms with Crippen LogP contribution in [-0.2, 0) is 4.79 Å². The molecule has 0 atom stereocenters. The van der Waals surface area contributed by atoms with Gasteiger partial charge in [-0.25, -0.2) is 4.39 Å². The van der Waals surface area contributed by atoms with E-state index in [0.29, 0.717) is 5.75 Å². The fraction of sp³-hybridized carbons (Fsp3) is 0.133. The number of nitro benzene ring substituents is 1. The standard InChI is InChI=1S/C15H13FN2O5/c1-22-14-8-11(18(20)21)4-7-13(14)17-15(19)9-23-12-5-2-10(16)3-6-12/h2-8H,9H2,1H3,(H,17,19). The van der Waals surface area contributed by atoms with Gasteiger partial charge in [-0.05, 0) is 30.3 Å². The lowest BCUT2D eigenvalue weighted by molar-refractivity contribution is -0.384. The molecule has 0 spiro atoms. The third-order valence-electron chi connectivity index (χ3n) is 2.85. The molecule has 120 valence electrons. The van der Waals surface area contributed by atoms with Crippen LogP contribution >= 0.6 is 0 Å². The number of ether oxygens (including phenoxy) is 2. The molecule has 8 heteroatoms. The van der Waals surface area contributed by atoms with Gasteiger partial charge in [0.25, 0.3) is 11.6 Å². The van der Waals surface area contributed by atoms with Crippen molar-refractivity contribution in [1.82, 2.24) is 0 Å². The number of anilines is 1. The van der Waals surface area contributed by atoms with Gasteiger partial charge >= 0.3 is 0 Å². The molecule has 1 amide bonds.